The summed E-state index contributed by atoms with van der Waals surface area (Å²) in [5.41, 5.74) is 0.459. The first-order chi connectivity index (χ1) is 8.71. The molecule has 0 heterocycles. The first-order valence-corrected chi connectivity index (χ1v) is 5.61. The quantitative estimate of drug-likeness (QED) is 0.836. The Kier molecular flexibility index (Phi) is 3.71. The number of nitrogens with zero attached hydrogens (tertiary/aromatic N) is 1. The molecule has 18 heavy (non-hydrogen) atoms. The molecule has 0 unspecified atom stereocenters. The van der Waals surface area contributed by atoms with E-state index < -0.39 is 0 Å². The van der Waals surface area contributed by atoms with Crippen molar-refractivity contribution < 1.29 is 9.47 Å². The molecule has 0 radical (unpaired) electrons. The molecule has 0 saturated carbocycles. The normalized spacial score (nSPS) is 9.61. The smallest absolute Gasteiger partial charge is 0.131 e. The van der Waals surface area contributed by atoms with Crippen LogP contribution in [-0.4, -0.2) is 7.11 Å². The van der Waals surface area contributed by atoms with Crippen LogP contribution in [0.25, 0.3) is 0 Å². The zero-order chi connectivity index (χ0) is 13.0. The summed E-state index contributed by atoms with van der Waals surface area (Å²) in [7, 11) is 1.59. The highest BCUT2D eigenvalue weighted by Gasteiger charge is 2.03. The van der Waals surface area contributed by atoms with Gasteiger partial charge in [-0.2, -0.15) is 5.26 Å². The molecule has 0 amide bonds. The maximum Gasteiger partial charge on any atom is 0.131 e. The number of hydrogen-bond donors (Lipinski definition) is 0. The van der Waals surface area contributed by atoms with Crippen LogP contribution in [0.2, 0.25) is 5.02 Å². The lowest BCUT2D eigenvalue weighted by atomic mass is 10.2. The van der Waals surface area contributed by atoms with Crippen molar-refractivity contribution in [3.8, 4) is 23.3 Å². The molecule has 2 aromatic carbocycles. The van der Waals surface area contributed by atoms with Gasteiger partial charge in [0.15, 0.2) is 0 Å². The SMILES string of the molecule is COc1cccc(Oc2cc(Cl)cc(C#N)c2)c1. The molecule has 90 valence electrons. The van der Waals surface area contributed by atoms with Crippen LogP contribution in [0.5, 0.6) is 17.2 Å². The second-order valence-corrected chi connectivity index (χ2v) is 4.00. The molecule has 4 heteroatoms. The molecular formula is C14H10ClNO2. The molecule has 0 aliphatic rings. The van der Waals surface area contributed by atoms with Gasteiger partial charge in [-0.3, -0.25) is 0 Å². The van der Waals surface area contributed by atoms with E-state index in [1.807, 2.05) is 18.2 Å². The van der Waals surface area contributed by atoms with Crippen LogP contribution in [0.4, 0.5) is 0 Å². The second-order valence-electron chi connectivity index (χ2n) is 3.57. The zero-order valence-corrected chi connectivity index (χ0v) is 10.4. The maximum atomic E-state index is 8.85. The number of rotatable bonds is 3. The van der Waals surface area contributed by atoms with Gasteiger partial charge in [-0.15, -0.1) is 0 Å². The summed E-state index contributed by atoms with van der Waals surface area (Å²) in [6.45, 7) is 0. The van der Waals surface area contributed by atoms with Gasteiger partial charge in [0.25, 0.3) is 0 Å². The first-order valence-electron chi connectivity index (χ1n) is 5.24. The van der Waals surface area contributed by atoms with Crippen molar-refractivity contribution in [1.29, 1.82) is 5.26 Å². The topological polar surface area (TPSA) is 42.2 Å². The molecule has 2 aromatic rings. The first kappa shape index (κ1) is 12.3. The summed E-state index contributed by atoms with van der Waals surface area (Å²) in [6, 6.07) is 14.1. The Morgan fingerprint density at radius 3 is 2.56 bits per heavy atom. The van der Waals surface area contributed by atoms with E-state index in [4.69, 9.17) is 26.3 Å². The fraction of sp³-hybridized carbons (Fsp3) is 0.0714. The minimum atomic E-state index is 0.459. The Morgan fingerprint density at radius 1 is 1.06 bits per heavy atom. The van der Waals surface area contributed by atoms with Gasteiger partial charge in [0, 0.05) is 11.1 Å². The van der Waals surface area contributed by atoms with Crippen LogP contribution in [-0.2, 0) is 0 Å². The minimum absolute atomic E-state index is 0.459. The third kappa shape index (κ3) is 2.93. The number of benzene rings is 2. The molecule has 0 N–H and O–H groups in total. The fourth-order valence-corrected chi connectivity index (χ4v) is 1.71. The van der Waals surface area contributed by atoms with Gasteiger partial charge in [0.1, 0.15) is 17.2 Å². The molecule has 0 bridgehead atoms. The lowest BCUT2D eigenvalue weighted by molar-refractivity contribution is 0.409. The summed E-state index contributed by atoms with van der Waals surface area (Å²) >= 11 is 5.90. The molecule has 3 nitrogen and oxygen atoms in total. The van der Waals surface area contributed by atoms with Crippen LogP contribution in [0.3, 0.4) is 0 Å². The second kappa shape index (κ2) is 5.44. The van der Waals surface area contributed by atoms with Gasteiger partial charge in [-0.1, -0.05) is 17.7 Å². The fourth-order valence-electron chi connectivity index (χ4n) is 1.49. The summed E-state index contributed by atoms with van der Waals surface area (Å²) < 4.78 is 10.7. The summed E-state index contributed by atoms with van der Waals surface area (Å²) in [4.78, 5) is 0. The van der Waals surface area contributed by atoms with Crippen LogP contribution in [0.1, 0.15) is 5.56 Å². The van der Waals surface area contributed by atoms with Crippen molar-refractivity contribution in [1.82, 2.24) is 0 Å². The zero-order valence-electron chi connectivity index (χ0n) is 9.68. The Labute approximate surface area is 110 Å². The summed E-state index contributed by atoms with van der Waals surface area (Å²) in [5.74, 6) is 1.85. The van der Waals surface area contributed by atoms with E-state index in [0.717, 1.165) is 0 Å². The molecule has 2 rings (SSSR count). The number of halogens is 1. The highest BCUT2D eigenvalue weighted by molar-refractivity contribution is 6.30. The van der Waals surface area contributed by atoms with Gasteiger partial charge in [-0.05, 0) is 30.3 Å². The molecule has 0 saturated heterocycles. The van der Waals surface area contributed by atoms with Gasteiger partial charge >= 0.3 is 0 Å². The third-order valence-corrected chi connectivity index (χ3v) is 2.50. The van der Waals surface area contributed by atoms with Gasteiger partial charge in [0.2, 0.25) is 0 Å². The molecule has 0 aliphatic carbocycles. The van der Waals surface area contributed by atoms with Gasteiger partial charge in [-0.25, -0.2) is 0 Å². The van der Waals surface area contributed by atoms with E-state index in [9.17, 15) is 0 Å². The standard InChI is InChI=1S/C14H10ClNO2/c1-17-12-3-2-4-13(8-12)18-14-6-10(9-16)5-11(15)7-14/h2-8H,1H3. The van der Waals surface area contributed by atoms with Crippen molar-refractivity contribution >= 4 is 11.6 Å². The average Bonchev–Trinajstić information content (AvgIpc) is 2.38. The Hall–Kier alpha value is -2.18. The third-order valence-electron chi connectivity index (χ3n) is 2.28. The van der Waals surface area contributed by atoms with Crippen LogP contribution in [0, 0.1) is 11.3 Å². The van der Waals surface area contributed by atoms with Crippen molar-refractivity contribution in [2.45, 2.75) is 0 Å². The molecular weight excluding hydrogens is 250 g/mol. The predicted octanol–water partition coefficient (Wildman–Crippen LogP) is 4.01. The van der Waals surface area contributed by atoms with E-state index in [2.05, 4.69) is 0 Å². The Morgan fingerprint density at radius 2 is 1.83 bits per heavy atom. The predicted molar refractivity (Wildman–Crippen MR) is 69.2 cm³/mol. The van der Waals surface area contributed by atoms with Crippen LogP contribution < -0.4 is 9.47 Å². The van der Waals surface area contributed by atoms with Gasteiger partial charge in [0.05, 0.1) is 18.7 Å². The van der Waals surface area contributed by atoms with Crippen molar-refractivity contribution in [3.63, 3.8) is 0 Å². The monoisotopic (exact) mass is 259 g/mol. The van der Waals surface area contributed by atoms with E-state index in [-0.39, 0.29) is 0 Å². The number of nitriles is 1. The molecule has 0 atom stereocenters. The number of ether oxygens (including phenoxy) is 2. The van der Waals surface area contributed by atoms with Crippen LogP contribution >= 0.6 is 11.6 Å². The van der Waals surface area contributed by atoms with Crippen molar-refractivity contribution in [2.75, 3.05) is 7.11 Å². The molecule has 0 aliphatic heterocycles. The van der Waals surface area contributed by atoms with E-state index in [0.29, 0.717) is 27.8 Å². The Bertz CT molecular complexity index is 605. The average molecular weight is 260 g/mol. The van der Waals surface area contributed by atoms with Crippen molar-refractivity contribution in [2.24, 2.45) is 0 Å². The lowest BCUT2D eigenvalue weighted by Crippen LogP contribution is -1.87. The van der Waals surface area contributed by atoms with E-state index >= 15 is 0 Å². The van der Waals surface area contributed by atoms with E-state index in [1.165, 1.54) is 0 Å². The minimum Gasteiger partial charge on any atom is -0.497 e. The molecule has 0 spiro atoms. The summed E-state index contributed by atoms with van der Waals surface area (Å²) in [6.07, 6.45) is 0. The highest BCUT2D eigenvalue weighted by atomic mass is 35.5. The van der Waals surface area contributed by atoms with E-state index in [1.54, 1.807) is 37.4 Å². The van der Waals surface area contributed by atoms with Crippen molar-refractivity contribution in [3.05, 3.63) is 53.1 Å². The lowest BCUT2D eigenvalue weighted by Gasteiger charge is -2.07. The maximum absolute atomic E-state index is 8.85. The van der Waals surface area contributed by atoms with Gasteiger partial charge < -0.3 is 9.47 Å². The summed E-state index contributed by atoms with van der Waals surface area (Å²) in [5, 5.41) is 9.32. The molecule has 0 fully saturated rings. The Balaban J connectivity index is 2.28. The number of hydrogen-bond acceptors (Lipinski definition) is 3. The highest BCUT2D eigenvalue weighted by Crippen LogP contribution is 2.28. The number of methoxy groups -OCH3 is 1. The largest absolute Gasteiger partial charge is 0.497 e. The molecule has 0 aromatic heterocycles. The van der Waals surface area contributed by atoms with Crippen LogP contribution in [0.15, 0.2) is 42.5 Å².